The van der Waals surface area contributed by atoms with Gasteiger partial charge >= 0.3 is 40.2 Å². The Morgan fingerprint density at radius 1 is 0.544 bits per heavy atom. The van der Waals surface area contributed by atoms with Crippen molar-refractivity contribution < 1.29 is 104 Å². The molecule has 17 aromatic rings. The Morgan fingerprint density at radius 2 is 1.05 bits per heavy atom. The van der Waals surface area contributed by atoms with Gasteiger partial charge in [0.2, 0.25) is 38.9 Å². The first-order valence-electron chi connectivity index (χ1n) is 39.0. The number of nitrogens with one attached hydrogen (secondary N) is 4. The van der Waals surface area contributed by atoms with Gasteiger partial charge in [-0.25, -0.2) is 19.9 Å². The van der Waals surface area contributed by atoms with Crippen LogP contribution in [0.25, 0.3) is 109 Å². The number of nitrogen functional groups attached to an aromatic ring is 3. The number of pyridine rings is 2. The molecule has 25 heteroatoms. The number of hydrogen-bond acceptors (Lipinski definition) is 18. The van der Waals surface area contributed by atoms with E-state index in [4.69, 9.17) is 29.8 Å². The second-order valence-corrected chi connectivity index (χ2v) is 31.8. The number of hydrogen-bond donors (Lipinski definition) is 7. The fourth-order valence-electron chi connectivity index (χ4n) is 14.9. The number of aromatic amines is 3. The second-order valence-electron chi connectivity index (χ2n) is 31.4. The number of anilines is 5. The van der Waals surface area contributed by atoms with Gasteiger partial charge in [0, 0.05) is 138 Å². The van der Waals surface area contributed by atoms with Crippen LogP contribution in [0.3, 0.4) is 0 Å². The Kier molecular flexibility index (Phi) is 31.5. The topological polar surface area (TPSA) is 340 Å². The van der Waals surface area contributed by atoms with Crippen LogP contribution in [0, 0.1) is 31.7 Å². The number of aromatic hydroxyl groups is 1. The number of nitrogens with two attached hydrogens (primary N) is 3. The largest absolute Gasteiger partial charge is 1.00 e. The number of phenolic OH excluding ortho intramolecular Hbond substituents is 1. The minimum absolute atomic E-state index is 0. The zero-order valence-electron chi connectivity index (χ0n) is 70.3. The molecule has 0 bridgehead atoms. The summed E-state index contributed by atoms with van der Waals surface area (Å²) in [6.07, 6.45) is 1.55. The molecule has 0 saturated carbocycles. The molecule has 3 aromatic heterocycles. The fourth-order valence-corrected chi connectivity index (χ4v) is 14.9. The Morgan fingerprint density at radius 3 is 1.62 bits per heavy atom. The van der Waals surface area contributed by atoms with Crippen LogP contribution in [0.2, 0.25) is 0 Å². The van der Waals surface area contributed by atoms with E-state index in [-0.39, 0.29) is 85.7 Å². The van der Waals surface area contributed by atoms with Gasteiger partial charge in [0.25, 0.3) is 0 Å². The molecular formula is C100H102ClN13NaO9S+3. The van der Waals surface area contributed by atoms with Crippen LogP contribution in [0.1, 0.15) is 69.5 Å². The van der Waals surface area contributed by atoms with Crippen molar-refractivity contribution in [2.24, 2.45) is 22.1 Å². The van der Waals surface area contributed by atoms with Gasteiger partial charge in [0.05, 0.1) is 44.4 Å². The number of aliphatic hydroxyl groups is 2. The standard InChI is InChI=1S/C21H20NO.C17H19N3.C17H13N2O.C15H16N4.C15H12O4.C13H11N3.2CH4.ClH.Na.O3S/c1-22(2,3)13-19(23)17-11-9-16-8-7-14-5-4-6-15-10-12-18(17)21(16)20(14)15;1-19(2)14-7-5-12-9-13-6-8-15(20(3)4)11-17(13)18-16(12)10-14;1-12-7-9-15-13(11-12)8-10-16(20)17(15)19-18-14-5-3-2-4-6-14;1-9-5-13-15(7-11(9)16)19-14-6-10(8-17-2)3-4-12(14)18-13;1-7-6-10-11(15(19)12(7)16)14(18)9-5-3-2-4-8(9)13(10)17;14-10-3-1-8-5-9-2-4-11(15)7-13(9)16-12(8)6-10;;;;;1-4(2)3/h4-12H,13H2,1-3H3;5-11H,1-4H3;2-8,10-11,20H,1H3;3-7,17H,8,16H2,1-2H3;2-6,10-11,16,19H,1H3;1-7H,14-15H2;2*1H4;1H;;/q+1;;-1;;;;;;;+1;/p+2. The van der Waals surface area contributed by atoms with Crippen molar-refractivity contribution in [3.63, 3.8) is 0 Å². The molecule has 0 spiro atoms. The van der Waals surface area contributed by atoms with Crippen LogP contribution >= 0.6 is 0 Å². The first kappa shape index (κ1) is 95.5. The molecule has 0 fully saturated rings. The summed E-state index contributed by atoms with van der Waals surface area (Å²) in [6, 6.07) is 84.8. The maximum Gasteiger partial charge on any atom is 1.00 e. The number of H-pyrrole nitrogens is 3. The summed E-state index contributed by atoms with van der Waals surface area (Å²) < 4.78 is 26.0. The number of benzene rings is 14. The molecule has 3 heterocycles. The summed E-state index contributed by atoms with van der Waals surface area (Å²) in [6.45, 7) is 6.95. The van der Waals surface area contributed by atoms with Crippen molar-refractivity contribution in [3.8, 4) is 5.75 Å². The molecule has 125 heavy (non-hydrogen) atoms. The number of phenols is 1. The first-order chi connectivity index (χ1) is 57.9. The van der Waals surface area contributed by atoms with Gasteiger partial charge in [0.1, 0.15) is 29.1 Å². The van der Waals surface area contributed by atoms with Gasteiger partial charge in [-0.1, -0.05) is 131 Å². The number of rotatable bonds is 9. The van der Waals surface area contributed by atoms with Crippen molar-refractivity contribution in [3.05, 3.63) is 311 Å². The quantitative estimate of drug-likeness (QED) is 0.0103. The summed E-state index contributed by atoms with van der Waals surface area (Å²) in [5.41, 5.74) is 37.0. The Hall–Kier alpha value is -13.4. The Balaban J connectivity index is 0.000000168. The molecule has 2 aliphatic carbocycles. The minimum atomic E-state index is -3.11. The van der Waals surface area contributed by atoms with E-state index in [0.717, 1.165) is 106 Å². The van der Waals surface area contributed by atoms with Gasteiger partial charge in [0.15, 0.2) is 17.3 Å². The molecule has 19 rings (SSSR count). The average molecular weight is 1720 g/mol. The molecule has 2 aliphatic rings. The third kappa shape index (κ3) is 22.2. The van der Waals surface area contributed by atoms with E-state index < -0.39 is 28.2 Å². The SMILES string of the molecule is C.C.CC1=CC2C(=O)c3ccccc3C(=O)C2C(O)=C1O.CN(C)c1ccc2cc3ccc(N(C)C)cc3[nH+]c2c1.CNCc1ccc2[nH+]c3cc(C)c(N)cc3nc2c1.C[N+](C)(C)CC(=O)c1ccc2ccc3cccc4ccc1c2c34.Cc1c[c-]c2c(N=Nc3ccccc3)c(O)ccc2c1.Nc1ccc2cc3ccc(N)cc3[nH+]c2c1.O=S(=O)=O.[Cl-].[Na+]. The van der Waals surface area contributed by atoms with Crippen LogP contribution in [-0.4, -0.2) is 118 Å². The molecule has 13 N–H and O–H groups in total. The molecule has 0 aliphatic heterocycles. The van der Waals surface area contributed by atoms with Gasteiger partial charge in [-0.2, -0.15) is 10.2 Å². The minimum Gasteiger partial charge on any atom is -1.00 e. The van der Waals surface area contributed by atoms with E-state index in [0.29, 0.717) is 33.4 Å². The normalized spacial score (nSPS) is 13.1. The molecule has 0 radical (unpaired) electrons. The number of ketones is 3. The van der Waals surface area contributed by atoms with E-state index in [1.54, 1.807) is 43.3 Å². The number of halogens is 1. The van der Waals surface area contributed by atoms with Gasteiger partial charge < -0.3 is 64.5 Å². The molecule has 0 saturated heterocycles. The number of likely N-dealkylation sites (N-methyl/N-ethyl adjacent to an activating group) is 1. The number of allylic oxidation sites excluding steroid dienone is 3. The van der Waals surface area contributed by atoms with E-state index in [2.05, 4.69) is 195 Å². The number of azo groups is 1. The smallest absolute Gasteiger partial charge is 1.00 e. The van der Waals surface area contributed by atoms with E-state index in [9.17, 15) is 29.7 Å². The van der Waals surface area contributed by atoms with E-state index in [1.165, 1.54) is 65.7 Å². The molecule has 22 nitrogen and oxygen atoms in total. The third-order valence-corrected chi connectivity index (χ3v) is 21.0. The number of carbonyl (C=O) groups is 3. The van der Waals surface area contributed by atoms with E-state index >= 15 is 0 Å². The van der Waals surface area contributed by atoms with Gasteiger partial charge in [-0.3, -0.25) is 14.4 Å². The summed E-state index contributed by atoms with van der Waals surface area (Å²) in [7, 11) is 13.2. The van der Waals surface area contributed by atoms with Gasteiger partial charge in [-0.15, -0.1) is 47.2 Å². The zero-order valence-corrected chi connectivity index (χ0v) is 73.9. The summed E-state index contributed by atoms with van der Waals surface area (Å²) in [4.78, 5) is 56.8. The maximum atomic E-state index is 12.8. The summed E-state index contributed by atoms with van der Waals surface area (Å²) in [5.74, 6) is -2.64. The van der Waals surface area contributed by atoms with Crippen molar-refractivity contribution in [2.45, 2.75) is 42.2 Å². The van der Waals surface area contributed by atoms with Crippen molar-refractivity contribution in [1.29, 1.82) is 0 Å². The number of Topliss-reactive ketones (excluding diaryl/α,β-unsaturated/α-hetero) is 3. The zero-order chi connectivity index (χ0) is 86.3. The number of nitrogens with zero attached hydrogens (tertiary/aromatic N) is 6. The number of carbonyl (C=O) groups excluding carboxylic acids is 3. The monoisotopic (exact) mass is 1720 g/mol. The predicted molar refractivity (Wildman–Crippen MR) is 500 cm³/mol. The Labute approximate surface area is 756 Å². The average Bonchev–Trinajstić information content (AvgIpc) is 0.740. The molecule has 2 atom stereocenters. The number of aryl methyl sites for hydroxylation is 2. The van der Waals surface area contributed by atoms with Crippen molar-refractivity contribution in [1.82, 2.24) is 10.3 Å². The van der Waals surface area contributed by atoms with Crippen molar-refractivity contribution >= 4 is 177 Å². The van der Waals surface area contributed by atoms with Crippen LogP contribution in [0.5, 0.6) is 5.75 Å². The Bertz CT molecular complexity index is 6990. The summed E-state index contributed by atoms with van der Waals surface area (Å²) >= 11 is 0. The molecular weight excluding hydrogens is 1620 g/mol. The molecule has 632 valence electrons. The second kappa shape index (κ2) is 41.2. The van der Waals surface area contributed by atoms with E-state index in [1.807, 2.05) is 145 Å². The van der Waals surface area contributed by atoms with Gasteiger partial charge in [-0.05, 0) is 167 Å². The molecule has 0 amide bonds. The van der Waals surface area contributed by atoms with Crippen LogP contribution in [0.4, 0.5) is 39.8 Å². The van der Waals surface area contributed by atoms with Crippen molar-refractivity contribution in [2.75, 3.05) is 89.9 Å². The maximum absolute atomic E-state index is 12.8. The summed E-state index contributed by atoms with van der Waals surface area (Å²) in [5, 5.41) is 54.9. The van der Waals surface area contributed by atoms with Crippen LogP contribution < -0.4 is 89.2 Å². The van der Waals surface area contributed by atoms with Crippen LogP contribution in [-0.2, 0) is 17.2 Å². The molecule has 2 unspecified atom stereocenters. The fraction of sp³-hybridized carbons (Fsp3) is 0.170. The first-order valence-corrected chi connectivity index (χ1v) is 40.0. The van der Waals surface area contributed by atoms with Crippen LogP contribution in [0.15, 0.2) is 282 Å². The number of fused-ring (bicyclic) bond motifs is 9. The third-order valence-electron chi connectivity index (χ3n) is 21.0. The number of quaternary nitrogens is 1. The predicted octanol–water partition coefficient (Wildman–Crippen LogP) is 13.1. The molecule has 14 aromatic carbocycles. The number of aliphatic hydroxyl groups excluding tert-OH is 2. The number of aromatic nitrogens is 4.